The SMILES string of the molecule is CNC(=O)COc1cccc(Nc2nc(NCC(F)(F)F)c3cc[nH]c3n2)c1. The molecule has 0 spiro atoms. The molecule has 1 aromatic carbocycles. The van der Waals surface area contributed by atoms with Gasteiger partial charge in [-0.3, -0.25) is 4.79 Å². The van der Waals surface area contributed by atoms with Crippen molar-refractivity contribution in [1.82, 2.24) is 20.3 Å². The Morgan fingerprint density at radius 3 is 2.82 bits per heavy atom. The molecule has 0 saturated carbocycles. The van der Waals surface area contributed by atoms with E-state index in [0.29, 0.717) is 22.5 Å². The number of nitrogens with one attached hydrogen (secondary N) is 4. The highest BCUT2D eigenvalue weighted by Gasteiger charge is 2.27. The van der Waals surface area contributed by atoms with Crippen molar-refractivity contribution in [3.63, 3.8) is 0 Å². The lowest BCUT2D eigenvalue weighted by Crippen LogP contribution is -2.24. The highest BCUT2D eigenvalue weighted by molar-refractivity contribution is 5.88. The van der Waals surface area contributed by atoms with Crippen molar-refractivity contribution >= 4 is 34.4 Å². The first-order valence-corrected chi connectivity index (χ1v) is 8.20. The van der Waals surface area contributed by atoms with Crippen molar-refractivity contribution in [1.29, 1.82) is 0 Å². The number of aromatic nitrogens is 3. The summed E-state index contributed by atoms with van der Waals surface area (Å²) in [6.45, 7) is -1.36. The molecule has 0 atom stereocenters. The predicted molar refractivity (Wildman–Crippen MR) is 97.7 cm³/mol. The maximum Gasteiger partial charge on any atom is 0.405 e. The van der Waals surface area contributed by atoms with Gasteiger partial charge in [-0.2, -0.15) is 23.1 Å². The summed E-state index contributed by atoms with van der Waals surface area (Å²) in [6.07, 6.45) is -2.81. The normalized spacial score (nSPS) is 11.3. The number of carbonyl (C=O) groups excluding carboxylic acids is 1. The molecule has 0 unspecified atom stereocenters. The van der Waals surface area contributed by atoms with Crippen LogP contribution in [0.1, 0.15) is 0 Å². The molecule has 2 heterocycles. The van der Waals surface area contributed by atoms with Gasteiger partial charge < -0.3 is 25.7 Å². The molecule has 2 aromatic heterocycles. The number of alkyl halides is 3. The molecule has 148 valence electrons. The standard InChI is InChI=1S/C17H17F3N6O2/c1-21-13(27)8-28-11-4-2-3-10(7-11)24-16-25-14-12(5-6-22-14)15(26-16)23-9-17(18,19)20/h2-7H,8-9H2,1H3,(H,21,27)(H3,22,23,24,25,26). The average molecular weight is 394 g/mol. The van der Waals surface area contributed by atoms with E-state index in [1.54, 1.807) is 36.5 Å². The molecule has 11 heteroatoms. The molecule has 0 aliphatic carbocycles. The van der Waals surface area contributed by atoms with Gasteiger partial charge in [-0.05, 0) is 18.2 Å². The number of nitrogens with zero attached hydrogens (tertiary/aromatic N) is 2. The van der Waals surface area contributed by atoms with Crippen molar-refractivity contribution in [3.8, 4) is 5.75 Å². The Labute approximate surface area is 157 Å². The van der Waals surface area contributed by atoms with Crippen molar-refractivity contribution in [2.45, 2.75) is 6.18 Å². The van der Waals surface area contributed by atoms with Crippen LogP contribution < -0.4 is 20.7 Å². The maximum absolute atomic E-state index is 12.5. The van der Waals surface area contributed by atoms with Gasteiger partial charge in [-0.15, -0.1) is 0 Å². The molecule has 0 fully saturated rings. The van der Waals surface area contributed by atoms with Gasteiger partial charge in [-0.25, -0.2) is 0 Å². The lowest BCUT2D eigenvalue weighted by atomic mass is 10.3. The third-order valence-corrected chi connectivity index (χ3v) is 3.61. The summed E-state index contributed by atoms with van der Waals surface area (Å²) in [7, 11) is 1.50. The number of hydrogen-bond donors (Lipinski definition) is 4. The summed E-state index contributed by atoms with van der Waals surface area (Å²) in [5.41, 5.74) is 0.927. The van der Waals surface area contributed by atoms with Crippen LogP contribution >= 0.6 is 0 Å². The summed E-state index contributed by atoms with van der Waals surface area (Å²) < 4.78 is 43.0. The molecule has 0 bridgehead atoms. The molecule has 0 radical (unpaired) electrons. The fourth-order valence-electron chi connectivity index (χ4n) is 2.33. The van der Waals surface area contributed by atoms with Crippen LogP contribution in [0, 0.1) is 0 Å². The number of aromatic amines is 1. The van der Waals surface area contributed by atoms with E-state index >= 15 is 0 Å². The zero-order chi connectivity index (χ0) is 20.1. The summed E-state index contributed by atoms with van der Waals surface area (Å²) >= 11 is 0. The largest absolute Gasteiger partial charge is 0.484 e. The Bertz CT molecular complexity index is 973. The second-order valence-corrected chi connectivity index (χ2v) is 5.72. The van der Waals surface area contributed by atoms with Crippen molar-refractivity contribution in [3.05, 3.63) is 36.5 Å². The van der Waals surface area contributed by atoms with Gasteiger partial charge in [0.1, 0.15) is 23.8 Å². The van der Waals surface area contributed by atoms with E-state index in [-0.39, 0.29) is 24.3 Å². The molecule has 8 nitrogen and oxygen atoms in total. The Morgan fingerprint density at radius 2 is 2.07 bits per heavy atom. The lowest BCUT2D eigenvalue weighted by molar-refractivity contribution is -0.122. The smallest absolute Gasteiger partial charge is 0.405 e. The predicted octanol–water partition coefficient (Wildman–Crippen LogP) is 2.80. The number of anilines is 3. The number of likely N-dealkylation sites (N-methyl/N-ethyl adjacent to an activating group) is 1. The van der Waals surface area contributed by atoms with Crippen LogP contribution in [0.4, 0.5) is 30.6 Å². The quantitative estimate of drug-likeness (QED) is 0.491. The van der Waals surface area contributed by atoms with E-state index in [2.05, 4.69) is 30.9 Å². The van der Waals surface area contributed by atoms with E-state index in [0.717, 1.165) is 0 Å². The van der Waals surface area contributed by atoms with Gasteiger partial charge in [0.25, 0.3) is 5.91 Å². The van der Waals surface area contributed by atoms with E-state index in [4.69, 9.17) is 4.74 Å². The molecule has 1 amide bonds. The number of benzene rings is 1. The van der Waals surface area contributed by atoms with Crippen LogP contribution in [0.5, 0.6) is 5.75 Å². The van der Waals surface area contributed by atoms with Gasteiger partial charge in [0, 0.05) is 25.0 Å². The Balaban J connectivity index is 1.79. The molecule has 0 aliphatic rings. The van der Waals surface area contributed by atoms with Crippen LogP contribution in [-0.4, -0.2) is 47.2 Å². The number of H-pyrrole nitrogens is 1. The second-order valence-electron chi connectivity index (χ2n) is 5.72. The maximum atomic E-state index is 12.5. The molecular formula is C17H17F3N6O2. The lowest BCUT2D eigenvalue weighted by Gasteiger charge is -2.12. The van der Waals surface area contributed by atoms with Gasteiger partial charge in [0.15, 0.2) is 6.61 Å². The number of amides is 1. The van der Waals surface area contributed by atoms with Crippen LogP contribution in [-0.2, 0) is 4.79 Å². The average Bonchev–Trinajstić information content (AvgIpc) is 3.12. The zero-order valence-corrected chi connectivity index (χ0v) is 14.7. The topological polar surface area (TPSA) is 104 Å². The fraction of sp³-hybridized carbons (Fsp3) is 0.235. The number of rotatable bonds is 7. The number of carbonyl (C=O) groups is 1. The first-order valence-electron chi connectivity index (χ1n) is 8.20. The van der Waals surface area contributed by atoms with Crippen molar-refractivity contribution in [2.75, 3.05) is 30.8 Å². The zero-order valence-electron chi connectivity index (χ0n) is 14.7. The number of halogens is 3. The van der Waals surface area contributed by atoms with Gasteiger partial charge in [-0.1, -0.05) is 6.07 Å². The monoisotopic (exact) mass is 394 g/mol. The summed E-state index contributed by atoms with van der Waals surface area (Å²) in [5, 5.41) is 8.09. The minimum atomic E-state index is -4.38. The summed E-state index contributed by atoms with van der Waals surface area (Å²) in [4.78, 5) is 22.5. The number of fused-ring (bicyclic) bond motifs is 1. The minimum absolute atomic E-state index is 0.0538. The number of hydrogen-bond acceptors (Lipinski definition) is 6. The highest BCUT2D eigenvalue weighted by Crippen LogP contribution is 2.25. The van der Waals surface area contributed by atoms with Crippen LogP contribution in [0.2, 0.25) is 0 Å². The molecule has 4 N–H and O–H groups in total. The number of ether oxygens (including phenoxy) is 1. The Hall–Kier alpha value is -3.50. The summed E-state index contributed by atoms with van der Waals surface area (Å²) in [5.74, 6) is 0.311. The van der Waals surface area contributed by atoms with E-state index in [1.165, 1.54) is 7.05 Å². The Morgan fingerprint density at radius 1 is 1.25 bits per heavy atom. The molecule has 3 aromatic rings. The fourth-order valence-corrected chi connectivity index (χ4v) is 2.33. The van der Waals surface area contributed by atoms with Crippen molar-refractivity contribution in [2.24, 2.45) is 0 Å². The first kappa shape index (κ1) is 19.3. The third-order valence-electron chi connectivity index (χ3n) is 3.61. The summed E-state index contributed by atoms with van der Waals surface area (Å²) in [6, 6.07) is 8.27. The molecule has 28 heavy (non-hydrogen) atoms. The van der Waals surface area contributed by atoms with E-state index < -0.39 is 12.7 Å². The second kappa shape index (κ2) is 8.03. The van der Waals surface area contributed by atoms with Crippen LogP contribution in [0.3, 0.4) is 0 Å². The molecule has 0 aliphatic heterocycles. The first-order chi connectivity index (χ1) is 13.3. The van der Waals surface area contributed by atoms with E-state index in [1.807, 2.05) is 0 Å². The molecule has 0 saturated heterocycles. The highest BCUT2D eigenvalue weighted by atomic mass is 19.4. The Kier molecular flexibility index (Phi) is 5.52. The van der Waals surface area contributed by atoms with Gasteiger partial charge in [0.2, 0.25) is 5.95 Å². The van der Waals surface area contributed by atoms with E-state index in [9.17, 15) is 18.0 Å². The van der Waals surface area contributed by atoms with Gasteiger partial charge >= 0.3 is 6.18 Å². The third kappa shape index (κ3) is 5.02. The molecular weight excluding hydrogens is 377 g/mol. The molecule has 3 rings (SSSR count). The van der Waals surface area contributed by atoms with Gasteiger partial charge in [0.05, 0.1) is 5.39 Å². The van der Waals surface area contributed by atoms with Crippen LogP contribution in [0.25, 0.3) is 11.0 Å². The van der Waals surface area contributed by atoms with Crippen molar-refractivity contribution < 1.29 is 22.7 Å². The minimum Gasteiger partial charge on any atom is -0.484 e. The van der Waals surface area contributed by atoms with Crippen LogP contribution in [0.15, 0.2) is 36.5 Å².